The van der Waals surface area contributed by atoms with E-state index in [2.05, 4.69) is 0 Å². The molecule has 1 aliphatic carbocycles. The Labute approximate surface area is 86.6 Å². The monoisotopic (exact) mass is 226 g/mol. The molecule has 1 rings (SSSR count). The van der Waals surface area contributed by atoms with Crippen LogP contribution in [0.5, 0.6) is 0 Å². The Kier molecular flexibility index (Phi) is 2.81. The molecule has 0 bridgehead atoms. The van der Waals surface area contributed by atoms with Crippen LogP contribution in [0.15, 0.2) is 0 Å². The first-order valence-electron chi connectivity index (χ1n) is 3.99. The highest BCUT2D eigenvalue weighted by molar-refractivity contribution is 6.44. The van der Waals surface area contributed by atoms with E-state index in [4.69, 9.17) is 28.3 Å². The SMILES string of the molecule is CC1(C)C(C(=O)O)C1C(O)C(Cl)Cl. The smallest absolute Gasteiger partial charge is 0.307 e. The number of aliphatic carboxylic acids is 1. The van der Waals surface area contributed by atoms with E-state index >= 15 is 0 Å². The molecule has 0 aromatic heterocycles. The molecule has 1 aliphatic rings. The zero-order valence-corrected chi connectivity index (χ0v) is 8.88. The van der Waals surface area contributed by atoms with Gasteiger partial charge in [-0.3, -0.25) is 4.79 Å². The molecule has 2 N–H and O–H groups in total. The van der Waals surface area contributed by atoms with Crippen LogP contribution in [0.3, 0.4) is 0 Å². The van der Waals surface area contributed by atoms with Crippen molar-refractivity contribution in [2.24, 2.45) is 17.3 Å². The summed E-state index contributed by atoms with van der Waals surface area (Å²) in [5, 5.41) is 18.3. The molecule has 3 unspecified atom stereocenters. The molecular formula is C8H12Cl2O3. The van der Waals surface area contributed by atoms with Crippen molar-refractivity contribution in [3.63, 3.8) is 0 Å². The summed E-state index contributed by atoms with van der Waals surface area (Å²) in [6.45, 7) is 3.58. The highest BCUT2D eigenvalue weighted by Gasteiger charge is 2.65. The van der Waals surface area contributed by atoms with Crippen LogP contribution in [0.25, 0.3) is 0 Å². The average molecular weight is 227 g/mol. The Morgan fingerprint density at radius 1 is 1.46 bits per heavy atom. The zero-order chi connectivity index (χ0) is 10.4. The van der Waals surface area contributed by atoms with Crippen molar-refractivity contribution in [2.45, 2.75) is 24.8 Å². The summed E-state index contributed by atoms with van der Waals surface area (Å²) >= 11 is 11.0. The van der Waals surface area contributed by atoms with Gasteiger partial charge in [0, 0.05) is 5.92 Å². The summed E-state index contributed by atoms with van der Waals surface area (Å²) in [6.07, 6.45) is -0.959. The number of halogens is 2. The molecule has 1 saturated carbocycles. The van der Waals surface area contributed by atoms with Crippen LogP contribution < -0.4 is 0 Å². The largest absolute Gasteiger partial charge is 0.481 e. The molecule has 3 nitrogen and oxygen atoms in total. The van der Waals surface area contributed by atoms with Gasteiger partial charge < -0.3 is 10.2 Å². The van der Waals surface area contributed by atoms with Gasteiger partial charge in [-0.05, 0) is 5.41 Å². The van der Waals surface area contributed by atoms with Crippen LogP contribution in [0.2, 0.25) is 0 Å². The van der Waals surface area contributed by atoms with Crippen molar-refractivity contribution in [3.05, 3.63) is 0 Å². The third-order valence-electron chi connectivity index (χ3n) is 2.80. The first-order valence-corrected chi connectivity index (χ1v) is 4.86. The molecule has 13 heavy (non-hydrogen) atoms. The van der Waals surface area contributed by atoms with Gasteiger partial charge in [0.15, 0.2) is 0 Å². The van der Waals surface area contributed by atoms with Gasteiger partial charge in [0.2, 0.25) is 0 Å². The fourth-order valence-electron chi connectivity index (χ4n) is 1.94. The minimum atomic E-state index is -0.959. The van der Waals surface area contributed by atoms with Crippen LogP contribution in [0, 0.1) is 17.3 Å². The Hall–Kier alpha value is 0.01000. The highest BCUT2D eigenvalue weighted by atomic mass is 35.5. The average Bonchev–Trinajstić information content (AvgIpc) is 2.51. The Balaban J connectivity index is 2.70. The summed E-state index contributed by atoms with van der Waals surface area (Å²) in [4.78, 5) is 9.79. The molecule has 0 aliphatic heterocycles. The second-order valence-corrected chi connectivity index (χ2v) is 5.15. The van der Waals surface area contributed by atoms with E-state index in [9.17, 15) is 9.90 Å². The van der Waals surface area contributed by atoms with Crippen molar-refractivity contribution in [1.29, 1.82) is 0 Å². The summed E-state index contributed by atoms with van der Waals surface area (Å²) in [5.74, 6) is -1.78. The van der Waals surface area contributed by atoms with Crippen molar-refractivity contribution >= 4 is 29.2 Å². The molecule has 0 amide bonds. The van der Waals surface area contributed by atoms with E-state index in [0.29, 0.717) is 0 Å². The number of rotatable bonds is 3. The third-order valence-corrected chi connectivity index (χ3v) is 3.32. The van der Waals surface area contributed by atoms with Gasteiger partial charge >= 0.3 is 5.97 Å². The number of alkyl halides is 2. The van der Waals surface area contributed by atoms with Crippen LogP contribution in [0.1, 0.15) is 13.8 Å². The molecule has 0 saturated heterocycles. The summed E-state index contributed by atoms with van der Waals surface area (Å²) in [6, 6.07) is 0. The zero-order valence-electron chi connectivity index (χ0n) is 7.37. The lowest BCUT2D eigenvalue weighted by molar-refractivity contribution is -0.139. The van der Waals surface area contributed by atoms with Crippen LogP contribution >= 0.6 is 23.2 Å². The molecule has 3 atom stereocenters. The maximum Gasteiger partial charge on any atom is 0.307 e. The van der Waals surface area contributed by atoms with E-state index in [1.165, 1.54) is 0 Å². The van der Waals surface area contributed by atoms with E-state index < -0.39 is 28.2 Å². The van der Waals surface area contributed by atoms with Gasteiger partial charge in [-0.1, -0.05) is 13.8 Å². The maximum absolute atomic E-state index is 10.7. The van der Waals surface area contributed by atoms with Gasteiger partial charge in [-0.15, -0.1) is 23.2 Å². The van der Waals surface area contributed by atoms with Crippen molar-refractivity contribution in [2.75, 3.05) is 0 Å². The van der Waals surface area contributed by atoms with E-state index in [0.717, 1.165) is 0 Å². The number of carbonyl (C=O) groups is 1. The summed E-state index contributed by atoms with van der Waals surface area (Å²) < 4.78 is 0. The molecule has 0 radical (unpaired) electrons. The number of aliphatic hydroxyl groups is 1. The van der Waals surface area contributed by atoms with Crippen molar-refractivity contribution in [1.82, 2.24) is 0 Å². The third kappa shape index (κ3) is 1.78. The van der Waals surface area contributed by atoms with Gasteiger partial charge in [0.05, 0.1) is 12.0 Å². The number of hydrogen-bond donors (Lipinski definition) is 2. The first-order chi connectivity index (χ1) is 5.80. The number of carboxylic acid groups (broad SMARTS) is 1. The molecule has 0 heterocycles. The molecule has 0 aromatic carbocycles. The molecule has 5 heteroatoms. The highest BCUT2D eigenvalue weighted by Crippen LogP contribution is 2.60. The van der Waals surface area contributed by atoms with Gasteiger partial charge in [-0.25, -0.2) is 0 Å². The molecule has 0 aromatic rings. The van der Waals surface area contributed by atoms with Crippen molar-refractivity contribution < 1.29 is 15.0 Å². The topological polar surface area (TPSA) is 57.5 Å². The summed E-state index contributed by atoms with van der Waals surface area (Å²) in [5.41, 5.74) is -0.409. The molecule has 76 valence electrons. The Morgan fingerprint density at radius 2 is 1.92 bits per heavy atom. The normalized spacial score (nSPS) is 33.1. The Morgan fingerprint density at radius 3 is 2.15 bits per heavy atom. The lowest BCUT2D eigenvalue weighted by atomic mass is 10.1. The standard InChI is InChI=1S/C8H12Cl2O3/c1-8(2)3(4(8)7(12)13)5(11)6(9)10/h3-6,11H,1-2H3,(H,12,13). The van der Waals surface area contributed by atoms with Crippen LogP contribution in [0.4, 0.5) is 0 Å². The molecule has 1 fully saturated rings. The van der Waals surface area contributed by atoms with Crippen LogP contribution in [-0.4, -0.2) is 27.1 Å². The van der Waals surface area contributed by atoms with Crippen molar-refractivity contribution in [3.8, 4) is 0 Å². The van der Waals surface area contributed by atoms with Gasteiger partial charge in [0.25, 0.3) is 0 Å². The van der Waals surface area contributed by atoms with Crippen LogP contribution in [-0.2, 0) is 4.79 Å². The maximum atomic E-state index is 10.7. The van der Waals surface area contributed by atoms with E-state index in [-0.39, 0.29) is 5.92 Å². The number of hydrogen-bond acceptors (Lipinski definition) is 2. The predicted octanol–water partition coefficient (Wildman–Crippen LogP) is 1.51. The minimum absolute atomic E-state index is 0.343. The number of aliphatic hydroxyl groups excluding tert-OH is 1. The summed E-state index contributed by atoms with van der Waals surface area (Å²) in [7, 11) is 0. The Bertz CT molecular complexity index is 227. The second kappa shape index (κ2) is 3.30. The molecule has 0 spiro atoms. The van der Waals surface area contributed by atoms with Gasteiger partial charge in [0.1, 0.15) is 4.84 Å². The lowest BCUT2D eigenvalue weighted by Crippen LogP contribution is -2.21. The minimum Gasteiger partial charge on any atom is -0.481 e. The molecular weight excluding hydrogens is 215 g/mol. The first kappa shape index (κ1) is 11.1. The van der Waals surface area contributed by atoms with E-state index in [1.807, 2.05) is 0 Å². The quantitative estimate of drug-likeness (QED) is 0.718. The van der Waals surface area contributed by atoms with Gasteiger partial charge in [-0.2, -0.15) is 0 Å². The van der Waals surface area contributed by atoms with E-state index in [1.54, 1.807) is 13.8 Å². The fourth-order valence-corrected chi connectivity index (χ4v) is 2.26. The second-order valence-electron chi connectivity index (χ2n) is 3.99. The predicted molar refractivity (Wildman–Crippen MR) is 49.9 cm³/mol. The number of carboxylic acids is 1. The fraction of sp³-hybridized carbons (Fsp3) is 0.875. The lowest BCUT2D eigenvalue weighted by Gasteiger charge is -2.11.